The molecule has 0 saturated carbocycles. The van der Waals surface area contributed by atoms with Crippen molar-refractivity contribution < 1.29 is 9.13 Å². The second-order valence-electron chi connectivity index (χ2n) is 6.20. The van der Waals surface area contributed by atoms with Crippen LogP contribution in [0.3, 0.4) is 0 Å². The molecular formula is C18H19FN4O. The Balaban J connectivity index is 1.72. The molecule has 24 heavy (non-hydrogen) atoms. The van der Waals surface area contributed by atoms with Crippen LogP contribution in [-0.4, -0.2) is 34.5 Å². The predicted molar refractivity (Wildman–Crippen MR) is 90.6 cm³/mol. The van der Waals surface area contributed by atoms with Crippen LogP contribution in [-0.2, 0) is 11.8 Å². The van der Waals surface area contributed by atoms with Gasteiger partial charge in [-0.05, 0) is 31.2 Å². The Bertz CT molecular complexity index is 892. The SMILES string of the molecule is Cc1cc(N2CCOC(c3cnn(C)c3)C2)c2cc(F)ccc2n1. The van der Waals surface area contributed by atoms with Crippen LogP contribution in [0, 0.1) is 12.7 Å². The van der Waals surface area contributed by atoms with E-state index in [-0.39, 0.29) is 11.9 Å². The van der Waals surface area contributed by atoms with Crippen LogP contribution in [0.15, 0.2) is 36.7 Å². The van der Waals surface area contributed by atoms with Gasteiger partial charge in [0.15, 0.2) is 0 Å². The average Bonchev–Trinajstić information content (AvgIpc) is 3.01. The number of nitrogens with zero attached hydrogens (tertiary/aromatic N) is 4. The summed E-state index contributed by atoms with van der Waals surface area (Å²) in [5, 5.41) is 5.06. The number of rotatable bonds is 2. The summed E-state index contributed by atoms with van der Waals surface area (Å²) >= 11 is 0. The first kappa shape index (κ1) is 15.1. The number of aryl methyl sites for hydroxylation is 2. The molecule has 1 atom stereocenters. The van der Waals surface area contributed by atoms with E-state index in [1.54, 1.807) is 16.8 Å². The monoisotopic (exact) mass is 326 g/mol. The van der Waals surface area contributed by atoms with Gasteiger partial charge in [-0.3, -0.25) is 9.67 Å². The fourth-order valence-electron chi connectivity index (χ4n) is 3.25. The highest BCUT2D eigenvalue weighted by Gasteiger charge is 2.24. The standard InChI is InChI=1S/C18H19FN4O/c1-12-7-17(15-8-14(19)3-4-16(15)21-12)23-5-6-24-18(11-23)13-9-20-22(2)10-13/h3-4,7-10,18H,5-6,11H2,1-2H3. The molecule has 1 aromatic carbocycles. The number of morpholine rings is 1. The second-order valence-corrected chi connectivity index (χ2v) is 6.20. The minimum absolute atomic E-state index is 0.0375. The molecule has 1 unspecified atom stereocenters. The molecule has 0 radical (unpaired) electrons. The van der Waals surface area contributed by atoms with Crippen molar-refractivity contribution in [3.8, 4) is 0 Å². The first-order chi connectivity index (χ1) is 11.6. The molecule has 0 aliphatic carbocycles. The first-order valence-electron chi connectivity index (χ1n) is 8.02. The van der Waals surface area contributed by atoms with Crippen LogP contribution in [0.2, 0.25) is 0 Å². The Kier molecular flexibility index (Phi) is 3.69. The average molecular weight is 326 g/mol. The lowest BCUT2D eigenvalue weighted by atomic mass is 10.1. The summed E-state index contributed by atoms with van der Waals surface area (Å²) in [5.74, 6) is -0.244. The second kappa shape index (κ2) is 5.87. The Morgan fingerprint density at radius 2 is 2.17 bits per heavy atom. The maximum absolute atomic E-state index is 13.7. The molecule has 5 nitrogen and oxygen atoms in total. The van der Waals surface area contributed by atoms with Gasteiger partial charge in [-0.2, -0.15) is 5.10 Å². The van der Waals surface area contributed by atoms with Gasteiger partial charge in [0.05, 0.1) is 18.3 Å². The maximum atomic E-state index is 13.7. The summed E-state index contributed by atoms with van der Waals surface area (Å²) < 4.78 is 21.4. The van der Waals surface area contributed by atoms with Crippen molar-refractivity contribution in [1.82, 2.24) is 14.8 Å². The molecule has 0 amide bonds. The van der Waals surface area contributed by atoms with Gasteiger partial charge < -0.3 is 9.64 Å². The smallest absolute Gasteiger partial charge is 0.124 e. The van der Waals surface area contributed by atoms with E-state index in [1.807, 2.05) is 32.4 Å². The number of fused-ring (bicyclic) bond motifs is 1. The summed E-state index contributed by atoms with van der Waals surface area (Å²) in [6.45, 7) is 4.07. The minimum Gasteiger partial charge on any atom is -0.370 e. The molecule has 6 heteroatoms. The lowest BCUT2D eigenvalue weighted by Gasteiger charge is -2.35. The molecule has 1 aliphatic rings. The zero-order valence-electron chi connectivity index (χ0n) is 13.7. The summed E-state index contributed by atoms with van der Waals surface area (Å²) in [5.41, 5.74) is 3.81. The van der Waals surface area contributed by atoms with Crippen LogP contribution >= 0.6 is 0 Å². The van der Waals surface area contributed by atoms with Gasteiger partial charge in [0.2, 0.25) is 0 Å². The van der Waals surface area contributed by atoms with Crippen molar-refractivity contribution in [2.24, 2.45) is 7.05 Å². The predicted octanol–water partition coefficient (Wildman–Crippen LogP) is 2.99. The van der Waals surface area contributed by atoms with E-state index in [1.165, 1.54) is 6.07 Å². The van der Waals surface area contributed by atoms with Crippen LogP contribution in [0.1, 0.15) is 17.4 Å². The van der Waals surface area contributed by atoms with E-state index in [9.17, 15) is 4.39 Å². The largest absolute Gasteiger partial charge is 0.370 e. The van der Waals surface area contributed by atoms with Crippen molar-refractivity contribution in [2.45, 2.75) is 13.0 Å². The van der Waals surface area contributed by atoms with E-state index < -0.39 is 0 Å². The fraction of sp³-hybridized carbons (Fsp3) is 0.333. The Morgan fingerprint density at radius 3 is 2.96 bits per heavy atom. The lowest BCUT2D eigenvalue weighted by Crippen LogP contribution is -2.38. The molecule has 1 fully saturated rings. The van der Waals surface area contributed by atoms with E-state index in [0.29, 0.717) is 13.2 Å². The Morgan fingerprint density at radius 1 is 1.29 bits per heavy atom. The number of benzene rings is 1. The number of hydrogen-bond donors (Lipinski definition) is 0. The molecule has 0 bridgehead atoms. The number of halogens is 1. The van der Waals surface area contributed by atoms with Gasteiger partial charge in [-0.15, -0.1) is 0 Å². The van der Waals surface area contributed by atoms with E-state index in [0.717, 1.165) is 34.4 Å². The molecule has 0 spiro atoms. The Hall–Kier alpha value is -2.47. The lowest BCUT2D eigenvalue weighted by molar-refractivity contribution is 0.0398. The third kappa shape index (κ3) is 2.73. The third-order valence-electron chi connectivity index (χ3n) is 4.38. The van der Waals surface area contributed by atoms with Gasteiger partial charge in [0.25, 0.3) is 0 Å². The highest BCUT2D eigenvalue weighted by molar-refractivity contribution is 5.92. The normalized spacial score (nSPS) is 18.3. The third-order valence-corrected chi connectivity index (χ3v) is 4.38. The Labute approximate surface area is 139 Å². The van der Waals surface area contributed by atoms with Gasteiger partial charge >= 0.3 is 0 Å². The summed E-state index contributed by atoms with van der Waals surface area (Å²) in [6.07, 6.45) is 3.78. The quantitative estimate of drug-likeness (QED) is 0.726. The maximum Gasteiger partial charge on any atom is 0.124 e. The van der Waals surface area contributed by atoms with Crippen LogP contribution in [0.5, 0.6) is 0 Å². The highest BCUT2D eigenvalue weighted by Crippen LogP contribution is 2.31. The first-order valence-corrected chi connectivity index (χ1v) is 8.02. The summed E-state index contributed by atoms with van der Waals surface area (Å²) in [6, 6.07) is 6.77. The molecule has 3 heterocycles. The van der Waals surface area contributed by atoms with Gasteiger partial charge in [-0.1, -0.05) is 0 Å². The van der Waals surface area contributed by atoms with Gasteiger partial charge in [0, 0.05) is 48.7 Å². The van der Waals surface area contributed by atoms with Crippen molar-refractivity contribution in [2.75, 3.05) is 24.6 Å². The molecule has 4 rings (SSSR count). The number of ether oxygens (including phenoxy) is 1. The molecule has 1 saturated heterocycles. The van der Waals surface area contributed by atoms with Gasteiger partial charge in [0.1, 0.15) is 11.9 Å². The molecule has 124 valence electrons. The number of hydrogen-bond acceptors (Lipinski definition) is 4. The highest BCUT2D eigenvalue weighted by atomic mass is 19.1. The molecule has 0 N–H and O–H groups in total. The van der Waals surface area contributed by atoms with E-state index in [2.05, 4.69) is 15.0 Å². The van der Waals surface area contributed by atoms with Crippen molar-refractivity contribution in [3.63, 3.8) is 0 Å². The molecule has 1 aliphatic heterocycles. The molecular weight excluding hydrogens is 307 g/mol. The van der Waals surface area contributed by atoms with E-state index >= 15 is 0 Å². The molecule has 2 aromatic heterocycles. The summed E-state index contributed by atoms with van der Waals surface area (Å²) in [7, 11) is 1.90. The minimum atomic E-state index is -0.244. The van der Waals surface area contributed by atoms with Gasteiger partial charge in [-0.25, -0.2) is 4.39 Å². The van der Waals surface area contributed by atoms with Crippen molar-refractivity contribution in [3.05, 3.63) is 53.7 Å². The van der Waals surface area contributed by atoms with E-state index in [4.69, 9.17) is 4.74 Å². The number of anilines is 1. The number of aromatic nitrogens is 3. The van der Waals surface area contributed by atoms with Crippen LogP contribution in [0.25, 0.3) is 10.9 Å². The fourth-order valence-corrected chi connectivity index (χ4v) is 3.25. The zero-order chi connectivity index (χ0) is 16.7. The van der Waals surface area contributed by atoms with Crippen LogP contribution < -0.4 is 4.90 Å². The zero-order valence-corrected chi connectivity index (χ0v) is 13.7. The number of pyridine rings is 1. The topological polar surface area (TPSA) is 43.2 Å². The van der Waals surface area contributed by atoms with Crippen molar-refractivity contribution in [1.29, 1.82) is 0 Å². The summed E-state index contributed by atoms with van der Waals surface area (Å²) in [4.78, 5) is 6.76. The van der Waals surface area contributed by atoms with Crippen LogP contribution in [0.4, 0.5) is 10.1 Å². The molecule has 3 aromatic rings. The van der Waals surface area contributed by atoms with Crippen molar-refractivity contribution >= 4 is 16.6 Å².